The number of carbonyl (C=O) groups excluding carboxylic acids is 1. The van der Waals surface area contributed by atoms with Gasteiger partial charge < -0.3 is 14.4 Å². The maximum Gasteiger partial charge on any atom is 0.416 e. The molecule has 2 aromatic carbocycles. The second-order valence-electron chi connectivity index (χ2n) is 7.15. The number of pyridine rings is 1. The molecule has 3 aromatic rings. The Morgan fingerprint density at radius 3 is 2.33 bits per heavy atom. The summed E-state index contributed by atoms with van der Waals surface area (Å²) in [6.45, 7) is 2.33. The van der Waals surface area contributed by atoms with E-state index in [1.54, 1.807) is 41.8 Å². The van der Waals surface area contributed by atoms with Crippen LogP contribution in [0.25, 0.3) is 10.9 Å². The Morgan fingerprint density at radius 2 is 1.73 bits per heavy atom. The molecule has 0 saturated carbocycles. The highest BCUT2D eigenvalue weighted by molar-refractivity contribution is 6.08. The fourth-order valence-corrected chi connectivity index (χ4v) is 3.40. The van der Waals surface area contributed by atoms with Gasteiger partial charge in [0.15, 0.2) is 0 Å². The van der Waals surface area contributed by atoms with Gasteiger partial charge >= 0.3 is 6.18 Å². The van der Waals surface area contributed by atoms with Gasteiger partial charge in [0.2, 0.25) is 0 Å². The molecule has 0 unspecified atom stereocenters. The van der Waals surface area contributed by atoms with Crippen LogP contribution in [-0.4, -0.2) is 31.6 Å². The summed E-state index contributed by atoms with van der Waals surface area (Å²) in [7, 11) is 5.03. The van der Waals surface area contributed by atoms with Crippen molar-refractivity contribution >= 4 is 28.2 Å². The van der Waals surface area contributed by atoms with E-state index in [0.717, 1.165) is 12.1 Å². The van der Waals surface area contributed by atoms with Crippen LogP contribution in [0, 0.1) is 0 Å². The zero-order valence-corrected chi connectivity index (χ0v) is 17.1. The van der Waals surface area contributed by atoms with Crippen LogP contribution in [0.4, 0.5) is 24.5 Å². The van der Waals surface area contributed by atoms with Gasteiger partial charge in [0, 0.05) is 50.4 Å². The van der Waals surface area contributed by atoms with E-state index in [0.29, 0.717) is 28.7 Å². The number of aromatic nitrogens is 1. The van der Waals surface area contributed by atoms with Crippen LogP contribution in [0.15, 0.2) is 53.3 Å². The minimum absolute atomic E-state index is 0.140. The molecule has 1 aromatic heterocycles. The van der Waals surface area contributed by atoms with Crippen molar-refractivity contribution in [2.45, 2.75) is 19.6 Å². The van der Waals surface area contributed by atoms with Gasteiger partial charge in [-0.05, 0) is 43.3 Å². The monoisotopic (exact) mass is 417 g/mol. The molecule has 0 radical (unpaired) electrons. The van der Waals surface area contributed by atoms with Gasteiger partial charge in [0.25, 0.3) is 11.5 Å². The predicted molar refractivity (Wildman–Crippen MR) is 112 cm³/mol. The zero-order chi connectivity index (χ0) is 22.2. The summed E-state index contributed by atoms with van der Waals surface area (Å²) in [5.74, 6) is -0.449. The van der Waals surface area contributed by atoms with Gasteiger partial charge in [0.05, 0.1) is 16.8 Å². The number of hydrogen-bond donors (Lipinski definition) is 0. The summed E-state index contributed by atoms with van der Waals surface area (Å²) >= 11 is 0. The van der Waals surface area contributed by atoms with E-state index in [-0.39, 0.29) is 11.2 Å². The number of benzene rings is 2. The van der Waals surface area contributed by atoms with Crippen molar-refractivity contribution in [1.82, 2.24) is 4.57 Å². The molecule has 5 nitrogen and oxygen atoms in total. The average Bonchev–Trinajstić information content (AvgIpc) is 2.71. The first-order valence-electron chi connectivity index (χ1n) is 9.34. The predicted octanol–water partition coefficient (Wildman–Crippen LogP) is 4.38. The number of amides is 1. The standard InChI is InChI=1S/C22H22F3N3O2/c1-5-28-18-10-9-14(11-17(18)19(26(2)3)13-20(28)29)21(30)27(4)16-8-6-7-15(12-16)22(23,24)25/h6-13H,5H2,1-4H3. The van der Waals surface area contributed by atoms with Crippen LogP contribution in [0.1, 0.15) is 22.8 Å². The highest BCUT2D eigenvalue weighted by Crippen LogP contribution is 2.32. The van der Waals surface area contributed by atoms with Gasteiger partial charge in [-0.25, -0.2) is 0 Å². The van der Waals surface area contributed by atoms with Crippen LogP contribution >= 0.6 is 0 Å². The van der Waals surface area contributed by atoms with Crippen molar-refractivity contribution in [1.29, 1.82) is 0 Å². The Balaban J connectivity index is 2.08. The third kappa shape index (κ3) is 3.90. The number of hydrogen-bond acceptors (Lipinski definition) is 3. The molecule has 0 aliphatic heterocycles. The first-order chi connectivity index (χ1) is 14.0. The van der Waals surface area contributed by atoms with Crippen molar-refractivity contribution in [3.05, 3.63) is 70.0 Å². The topological polar surface area (TPSA) is 45.6 Å². The largest absolute Gasteiger partial charge is 0.416 e. The normalized spacial score (nSPS) is 11.6. The maximum atomic E-state index is 13.0. The van der Waals surface area contributed by atoms with Crippen molar-refractivity contribution in [3.8, 4) is 0 Å². The second kappa shape index (κ2) is 7.85. The van der Waals surface area contributed by atoms with Crippen molar-refractivity contribution in [2.24, 2.45) is 0 Å². The Kier molecular flexibility index (Phi) is 5.61. The molecule has 158 valence electrons. The zero-order valence-electron chi connectivity index (χ0n) is 17.1. The van der Waals surface area contributed by atoms with E-state index in [2.05, 4.69) is 0 Å². The SMILES string of the molecule is CCn1c(=O)cc(N(C)C)c2cc(C(=O)N(C)c3cccc(C(F)(F)F)c3)ccc21. The van der Waals surface area contributed by atoms with E-state index in [4.69, 9.17) is 0 Å². The van der Waals surface area contributed by atoms with Crippen LogP contribution in [-0.2, 0) is 12.7 Å². The number of halogens is 3. The number of anilines is 2. The molecule has 0 fully saturated rings. The van der Waals surface area contributed by atoms with Crippen LogP contribution in [0.2, 0.25) is 0 Å². The Labute approximate surface area is 171 Å². The molecule has 0 aliphatic rings. The lowest BCUT2D eigenvalue weighted by atomic mass is 10.1. The van der Waals surface area contributed by atoms with E-state index >= 15 is 0 Å². The Morgan fingerprint density at radius 1 is 1.03 bits per heavy atom. The van der Waals surface area contributed by atoms with Gasteiger partial charge in [-0.1, -0.05) is 6.07 Å². The summed E-state index contributed by atoms with van der Waals surface area (Å²) in [6, 6.07) is 11.1. The third-order valence-electron chi connectivity index (χ3n) is 5.00. The number of nitrogens with zero attached hydrogens (tertiary/aromatic N) is 3. The first kappa shape index (κ1) is 21.4. The molecule has 0 saturated heterocycles. The molecule has 0 N–H and O–H groups in total. The van der Waals surface area contributed by atoms with Crippen molar-refractivity contribution < 1.29 is 18.0 Å². The van der Waals surface area contributed by atoms with Crippen molar-refractivity contribution in [2.75, 3.05) is 30.9 Å². The quantitative estimate of drug-likeness (QED) is 0.633. The summed E-state index contributed by atoms with van der Waals surface area (Å²) < 4.78 is 40.7. The third-order valence-corrected chi connectivity index (χ3v) is 5.00. The number of rotatable bonds is 4. The molecule has 30 heavy (non-hydrogen) atoms. The highest BCUT2D eigenvalue weighted by Gasteiger charge is 2.31. The van der Waals surface area contributed by atoms with Gasteiger partial charge in [0.1, 0.15) is 0 Å². The highest BCUT2D eigenvalue weighted by atomic mass is 19.4. The number of carbonyl (C=O) groups is 1. The molecule has 1 amide bonds. The number of aryl methyl sites for hydroxylation is 1. The van der Waals surface area contributed by atoms with Crippen molar-refractivity contribution in [3.63, 3.8) is 0 Å². The molecule has 0 aliphatic carbocycles. The molecule has 3 rings (SSSR count). The fourth-order valence-electron chi connectivity index (χ4n) is 3.40. The smallest absolute Gasteiger partial charge is 0.377 e. The number of alkyl halides is 3. The van der Waals surface area contributed by atoms with Crippen LogP contribution in [0.3, 0.4) is 0 Å². The van der Waals surface area contributed by atoms with Gasteiger partial charge in [-0.3, -0.25) is 9.59 Å². The van der Waals surface area contributed by atoms with Crippen LogP contribution in [0.5, 0.6) is 0 Å². The summed E-state index contributed by atoms with van der Waals surface area (Å²) in [5.41, 5.74) is 0.838. The second-order valence-corrected chi connectivity index (χ2v) is 7.15. The molecule has 1 heterocycles. The summed E-state index contributed by atoms with van der Waals surface area (Å²) in [4.78, 5) is 28.4. The summed E-state index contributed by atoms with van der Waals surface area (Å²) in [5, 5.41) is 0.713. The molecule has 0 atom stereocenters. The fraction of sp³-hybridized carbons (Fsp3) is 0.273. The lowest BCUT2D eigenvalue weighted by Gasteiger charge is -2.21. The molecule has 8 heteroatoms. The van der Waals surface area contributed by atoms with Gasteiger partial charge in [-0.15, -0.1) is 0 Å². The average molecular weight is 417 g/mol. The minimum atomic E-state index is -4.49. The first-order valence-corrected chi connectivity index (χ1v) is 9.34. The molecular weight excluding hydrogens is 395 g/mol. The maximum absolute atomic E-state index is 13.0. The van der Waals surface area contributed by atoms with E-state index in [1.165, 1.54) is 30.1 Å². The molecule has 0 bridgehead atoms. The van der Waals surface area contributed by atoms with E-state index in [9.17, 15) is 22.8 Å². The lowest BCUT2D eigenvalue weighted by Crippen LogP contribution is -2.27. The van der Waals surface area contributed by atoms with Crippen LogP contribution < -0.4 is 15.4 Å². The molecule has 0 spiro atoms. The number of fused-ring (bicyclic) bond motifs is 1. The lowest BCUT2D eigenvalue weighted by molar-refractivity contribution is -0.137. The van der Waals surface area contributed by atoms with E-state index in [1.807, 2.05) is 6.92 Å². The molecular formula is C22H22F3N3O2. The minimum Gasteiger partial charge on any atom is -0.377 e. The van der Waals surface area contributed by atoms with Gasteiger partial charge in [-0.2, -0.15) is 13.2 Å². The summed E-state index contributed by atoms with van der Waals surface area (Å²) in [6.07, 6.45) is -4.49. The van der Waals surface area contributed by atoms with E-state index < -0.39 is 17.6 Å². The Hall–Kier alpha value is -3.29. The Bertz CT molecular complexity index is 1170.